The predicted octanol–water partition coefficient (Wildman–Crippen LogP) is 4.04. The summed E-state index contributed by atoms with van der Waals surface area (Å²) in [5, 5.41) is 2.84. The second kappa shape index (κ2) is 11.0. The number of aryl methyl sites for hydroxylation is 2. The van der Waals surface area contributed by atoms with Crippen LogP contribution < -0.4 is 10.0 Å². The number of rotatable bonds is 11. The summed E-state index contributed by atoms with van der Waals surface area (Å²) in [6.07, 6.45) is 2.91. The van der Waals surface area contributed by atoms with Gasteiger partial charge in [0, 0.05) is 31.0 Å². The third-order valence-electron chi connectivity index (χ3n) is 4.58. The first-order valence-electron chi connectivity index (χ1n) is 9.89. The van der Waals surface area contributed by atoms with E-state index in [1.165, 1.54) is 0 Å². The summed E-state index contributed by atoms with van der Waals surface area (Å²) in [5.74, 6) is -0.192. The van der Waals surface area contributed by atoms with Crippen molar-refractivity contribution in [1.29, 1.82) is 0 Å². The van der Waals surface area contributed by atoms with Crippen LogP contribution in [0.25, 0.3) is 0 Å². The second-order valence-corrected chi connectivity index (χ2v) is 8.69. The lowest BCUT2D eigenvalue weighted by molar-refractivity contribution is 0.0940. The number of sulfonamides is 1. The molecule has 0 aliphatic rings. The van der Waals surface area contributed by atoms with Crippen molar-refractivity contribution in [2.45, 2.75) is 44.9 Å². The Morgan fingerprint density at radius 3 is 2.31 bits per heavy atom. The molecule has 1 amide bonds. The largest absolute Gasteiger partial charge is 0.381 e. The SMILES string of the molecule is CCCCOCCCNC(=O)c1ccc(NS(=O)(=O)c2ccc(C)c(C)c2)cc1. The molecule has 2 aromatic rings. The Hall–Kier alpha value is -2.38. The third kappa shape index (κ3) is 7.18. The summed E-state index contributed by atoms with van der Waals surface area (Å²) in [7, 11) is -3.68. The van der Waals surface area contributed by atoms with E-state index in [-0.39, 0.29) is 10.8 Å². The predicted molar refractivity (Wildman–Crippen MR) is 116 cm³/mol. The zero-order valence-corrected chi connectivity index (χ0v) is 18.1. The van der Waals surface area contributed by atoms with Gasteiger partial charge in [0.25, 0.3) is 15.9 Å². The van der Waals surface area contributed by atoms with E-state index < -0.39 is 10.0 Å². The minimum Gasteiger partial charge on any atom is -0.381 e. The first-order chi connectivity index (χ1) is 13.8. The molecule has 0 aliphatic heterocycles. The van der Waals surface area contributed by atoms with Gasteiger partial charge in [-0.25, -0.2) is 8.42 Å². The number of nitrogens with one attached hydrogen (secondary N) is 2. The van der Waals surface area contributed by atoms with Gasteiger partial charge in [-0.3, -0.25) is 9.52 Å². The van der Waals surface area contributed by atoms with Crippen molar-refractivity contribution in [2.24, 2.45) is 0 Å². The maximum absolute atomic E-state index is 12.6. The molecule has 0 bridgehead atoms. The monoisotopic (exact) mass is 418 g/mol. The molecular weight excluding hydrogens is 388 g/mol. The number of hydrogen-bond acceptors (Lipinski definition) is 4. The summed E-state index contributed by atoms with van der Waals surface area (Å²) in [6, 6.07) is 11.4. The highest BCUT2D eigenvalue weighted by molar-refractivity contribution is 7.92. The zero-order valence-electron chi connectivity index (χ0n) is 17.3. The molecule has 0 heterocycles. The minimum absolute atomic E-state index is 0.192. The van der Waals surface area contributed by atoms with Crippen LogP contribution in [0.1, 0.15) is 47.7 Å². The quantitative estimate of drug-likeness (QED) is 0.540. The van der Waals surface area contributed by atoms with Crippen molar-refractivity contribution in [3.8, 4) is 0 Å². The molecule has 7 heteroatoms. The van der Waals surface area contributed by atoms with E-state index in [4.69, 9.17) is 4.74 Å². The van der Waals surface area contributed by atoms with Gasteiger partial charge in [-0.1, -0.05) is 19.4 Å². The van der Waals surface area contributed by atoms with Gasteiger partial charge in [0.05, 0.1) is 4.90 Å². The average molecular weight is 419 g/mol. The topological polar surface area (TPSA) is 84.5 Å². The number of carbonyl (C=O) groups is 1. The van der Waals surface area contributed by atoms with Crippen molar-refractivity contribution in [3.63, 3.8) is 0 Å². The first-order valence-corrected chi connectivity index (χ1v) is 11.4. The van der Waals surface area contributed by atoms with Crippen molar-refractivity contribution in [3.05, 3.63) is 59.2 Å². The fourth-order valence-electron chi connectivity index (χ4n) is 2.61. The van der Waals surface area contributed by atoms with E-state index in [9.17, 15) is 13.2 Å². The molecular formula is C22H30N2O4S. The van der Waals surface area contributed by atoms with Crippen LogP contribution in [0, 0.1) is 13.8 Å². The lowest BCUT2D eigenvalue weighted by atomic mass is 10.1. The molecule has 0 fully saturated rings. The van der Waals surface area contributed by atoms with Crippen LogP contribution in [-0.4, -0.2) is 34.1 Å². The van der Waals surface area contributed by atoms with E-state index in [2.05, 4.69) is 17.0 Å². The van der Waals surface area contributed by atoms with Crippen LogP contribution in [0.3, 0.4) is 0 Å². The van der Waals surface area contributed by atoms with E-state index in [1.54, 1.807) is 42.5 Å². The van der Waals surface area contributed by atoms with E-state index in [0.717, 1.165) is 37.0 Å². The normalized spacial score (nSPS) is 11.3. The summed E-state index contributed by atoms with van der Waals surface area (Å²) in [6.45, 7) is 7.83. The van der Waals surface area contributed by atoms with Crippen LogP contribution in [0.2, 0.25) is 0 Å². The van der Waals surface area contributed by atoms with E-state index in [0.29, 0.717) is 24.4 Å². The van der Waals surface area contributed by atoms with Crippen molar-refractivity contribution >= 4 is 21.6 Å². The lowest BCUT2D eigenvalue weighted by Crippen LogP contribution is -2.25. The maximum atomic E-state index is 12.6. The summed E-state index contributed by atoms with van der Waals surface area (Å²) in [5.41, 5.74) is 2.83. The number of benzene rings is 2. The molecule has 2 N–H and O–H groups in total. The minimum atomic E-state index is -3.68. The van der Waals surface area contributed by atoms with Crippen molar-refractivity contribution in [1.82, 2.24) is 5.32 Å². The van der Waals surface area contributed by atoms with E-state index >= 15 is 0 Å². The maximum Gasteiger partial charge on any atom is 0.261 e. The van der Waals surface area contributed by atoms with Gasteiger partial charge in [0.1, 0.15) is 0 Å². The van der Waals surface area contributed by atoms with Crippen molar-refractivity contribution in [2.75, 3.05) is 24.5 Å². The Labute approximate surface area is 173 Å². The summed E-state index contributed by atoms with van der Waals surface area (Å²) < 4.78 is 33.1. The molecule has 0 radical (unpaired) electrons. The van der Waals surface area contributed by atoms with Gasteiger partial charge in [0.2, 0.25) is 0 Å². The Morgan fingerprint density at radius 2 is 1.66 bits per heavy atom. The average Bonchev–Trinajstić information content (AvgIpc) is 2.69. The Bertz CT molecular complexity index is 909. The molecule has 0 saturated carbocycles. The van der Waals surface area contributed by atoms with Gasteiger partial charge in [-0.2, -0.15) is 0 Å². The third-order valence-corrected chi connectivity index (χ3v) is 5.96. The summed E-state index contributed by atoms with van der Waals surface area (Å²) >= 11 is 0. The van der Waals surface area contributed by atoms with Gasteiger partial charge in [-0.15, -0.1) is 0 Å². The van der Waals surface area contributed by atoms with Crippen molar-refractivity contribution < 1.29 is 17.9 Å². The number of amides is 1. The zero-order chi connectivity index (χ0) is 21.3. The molecule has 6 nitrogen and oxygen atoms in total. The summed E-state index contributed by atoms with van der Waals surface area (Å²) in [4.78, 5) is 12.4. The van der Waals surface area contributed by atoms with Crippen LogP contribution in [0.15, 0.2) is 47.4 Å². The number of ether oxygens (including phenoxy) is 1. The fourth-order valence-corrected chi connectivity index (χ4v) is 3.75. The molecule has 158 valence electrons. The van der Waals surface area contributed by atoms with Crippen LogP contribution in [0.5, 0.6) is 0 Å². The van der Waals surface area contributed by atoms with Gasteiger partial charge >= 0.3 is 0 Å². The number of hydrogen-bond donors (Lipinski definition) is 2. The molecule has 0 aromatic heterocycles. The first kappa shape index (κ1) is 22.9. The fraction of sp³-hybridized carbons (Fsp3) is 0.409. The highest BCUT2D eigenvalue weighted by Gasteiger charge is 2.15. The number of unbranched alkanes of at least 4 members (excludes halogenated alkanes) is 1. The Morgan fingerprint density at radius 1 is 0.966 bits per heavy atom. The van der Waals surface area contributed by atoms with Gasteiger partial charge < -0.3 is 10.1 Å². The van der Waals surface area contributed by atoms with Gasteiger partial charge in [0.15, 0.2) is 0 Å². The molecule has 2 rings (SSSR count). The molecule has 0 atom stereocenters. The lowest BCUT2D eigenvalue weighted by Gasteiger charge is -2.10. The number of anilines is 1. The highest BCUT2D eigenvalue weighted by Crippen LogP contribution is 2.19. The smallest absolute Gasteiger partial charge is 0.261 e. The van der Waals surface area contributed by atoms with Crippen LogP contribution in [0.4, 0.5) is 5.69 Å². The van der Waals surface area contributed by atoms with Gasteiger partial charge in [-0.05, 0) is 74.2 Å². The molecule has 0 aliphatic carbocycles. The van der Waals surface area contributed by atoms with E-state index in [1.807, 2.05) is 13.8 Å². The standard InChI is InChI=1S/C22H30N2O4S/c1-4-5-14-28-15-6-13-23-22(25)19-8-10-20(11-9-19)24-29(26,27)21-12-7-17(2)18(3)16-21/h7-12,16,24H,4-6,13-15H2,1-3H3,(H,23,25). The molecule has 2 aromatic carbocycles. The van der Waals surface area contributed by atoms with Crippen LogP contribution >= 0.6 is 0 Å². The molecule has 0 spiro atoms. The Kier molecular flexibility index (Phi) is 8.67. The Balaban J connectivity index is 1.87. The second-order valence-electron chi connectivity index (χ2n) is 7.00. The molecule has 0 saturated heterocycles. The van der Waals surface area contributed by atoms with Crippen LogP contribution in [-0.2, 0) is 14.8 Å². The molecule has 29 heavy (non-hydrogen) atoms. The highest BCUT2D eigenvalue weighted by atomic mass is 32.2. The number of carbonyl (C=O) groups excluding carboxylic acids is 1. The molecule has 0 unspecified atom stereocenters.